The van der Waals surface area contributed by atoms with Crippen LogP contribution in [0.3, 0.4) is 0 Å². The van der Waals surface area contributed by atoms with Gasteiger partial charge < -0.3 is 5.32 Å². The van der Waals surface area contributed by atoms with Gasteiger partial charge in [-0.1, -0.05) is 25.1 Å². The maximum absolute atomic E-state index is 12.1. The van der Waals surface area contributed by atoms with Crippen molar-refractivity contribution in [1.29, 1.82) is 0 Å². The van der Waals surface area contributed by atoms with E-state index >= 15 is 0 Å². The number of hydrogen-bond donors (Lipinski definition) is 2. The second-order valence-corrected chi connectivity index (χ2v) is 5.04. The molecule has 4 nitrogen and oxygen atoms in total. The minimum atomic E-state index is -0.233. The van der Waals surface area contributed by atoms with Crippen LogP contribution in [0.4, 0.5) is 5.82 Å². The molecule has 0 fully saturated rings. The van der Waals surface area contributed by atoms with E-state index in [2.05, 4.69) is 22.5 Å². The molecule has 1 aromatic carbocycles. The molecule has 0 atom stereocenters. The summed E-state index contributed by atoms with van der Waals surface area (Å²) in [6.07, 6.45) is 2.62. The van der Waals surface area contributed by atoms with Crippen molar-refractivity contribution in [2.75, 3.05) is 5.32 Å². The van der Waals surface area contributed by atoms with Gasteiger partial charge in [0.05, 0.1) is 0 Å². The van der Waals surface area contributed by atoms with Gasteiger partial charge in [0.2, 0.25) is 0 Å². The molecular formula is C16H17N3OS. The number of aryl methyl sites for hydroxylation is 2. The molecule has 108 valence electrons. The van der Waals surface area contributed by atoms with E-state index in [1.807, 2.05) is 31.2 Å². The van der Waals surface area contributed by atoms with Crippen LogP contribution in [-0.2, 0) is 6.42 Å². The molecule has 1 aromatic heterocycles. The Kier molecular flexibility index (Phi) is 5.00. The zero-order valence-electron chi connectivity index (χ0n) is 12.0. The van der Waals surface area contributed by atoms with Gasteiger partial charge in [-0.05, 0) is 54.9 Å². The predicted molar refractivity (Wildman–Crippen MR) is 88.5 cm³/mol. The van der Waals surface area contributed by atoms with E-state index in [0.717, 1.165) is 12.0 Å². The van der Waals surface area contributed by atoms with E-state index in [-0.39, 0.29) is 11.0 Å². The molecule has 1 heterocycles. The van der Waals surface area contributed by atoms with E-state index < -0.39 is 0 Å². The number of benzene rings is 1. The van der Waals surface area contributed by atoms with Crippen LogP contribution in [-0.4, -0.2) is 16.0 Å². The molecule has 0 aliphatic rings. The Morgan fingerprint density at radius 2 is 1.95 bits per heavy atom. The monoisotopic (exact) mass is 299 g/mol. The van der Waals surface area contributed by atoms with Crippen molar-refractivity contribution in [2.24, 2.45) is 0 Å². The molecule has 0 unspecified atom stereocenters. The maximum Gasteiger partial charge on any atom is 0.257 e. The molecule has 0 saturated heterocycles. The van der Waals surface area contributed by atoms with E-state index in [4.69, 9.17) is 12.2 Å². The molecule has 2 N–H and O–H groups in total. The first-order valence-electron chi connectivity index (χ1n) is 6.73. The Morgan fingerprint density at radius 1 is 1.24 bits per heavy atom. The third-order valence-electron chi connectivity index (χ3n) is 3.09. The highest BCUT2D eigenvalue weighted by Gasteiger charge is 2.08. The van der Waals surface area contributed by atoms with Crippen molar-refractivity contribution in [3.63, 3.8) is 0 Å². The van der Waals surface area contributed by atoms with Gasteiger partial charge in [0, 0.05) is 11.8 Å². The maximum atomic E-state index is 12.1. The highest BCUT2D eigenvalue weighted by molar-refractivity contribution is 7.80. The number of amides is 1. The third kappa shape index (κ3) is 4.10. The Hall–Kier alpha value is -2.27. The molecule has 21 heavy (non-hydrogen) atoms. The SMILES string of the molecule is CCc1ccc(C(=O)NC(=S)Nc2ncccc2C)cc1. The van der Waals surface area contributed by atoms with Gasteiger partial charge in [-0.25, -0.2) is 4.98 Å². The van der Waals surface area contributed by atoms with Gasteiger partial charge in [-0.3, -0.25) is 10.1 Å². The first kappa shape index (κ1) is 15.1. The molecule has 2 rings (SSSR count). The lowest BCUT2D eigenvalue weighted by Gasteiger charge is -2.10. The first-order chi connectivity index (χ1) is 10.1. The third-order valence-corrected chi connectivity index (χ3v) is 3.30. The first-order valence-corrected chi connectivity index (χ1v) is 7.14. The fourth-order valence-electron chi connectivity index (χ4n) is 1.82. The summed E-state index contributed by atoms with van der Waals surface area (Å²) in [5.41, 5.74) is 2.73. The topological polar surface area (TPSA) is 54.0 Å². The van der Waals surface area contributed by atoms with Crippen molar-refractivity contribution in [1.82, 2.24) is 10.3 Å². The molecule has 0 aliphatic carbocycles. The lowest BCUT2D eigenvalue weighted by Crippen LogP contribution is -2.34. The van der Waals surface area contributed by atoms with Gasteiger partial charge in [0.1, 0.15) is 5.82 Å². The standard InChI is InChI=1S/C16H17N3OS/c1-3-12-6-8-13(9-7-12)15(20)19-16(21)18-14-11(2)5-4-10-17-14/h4-10H,3H2,1-2H3,(H2,17,18,19,20,21). The van der Waals surface area contributed by atoms with Crippen LogP contribution in [0.5, 0.6) is 0 Å². The van der Waals surface area contributed by atoms with E-state index in [0.29, 0.717) is 11.4 Å². The van der Waals surface area contributed by atoms with E-state index in [1.165, 1.54) is 5.56 Å². The molecule has 0 saturated carbocycles. The van der Waals surface area contributed by atoms with Crippen LogP contribution in [0.15, 0.2) is 42.6 Å². The van der Waals surface area contributed by atoms with Gasteiger partial charge in [-0.15, -0.1) is 0 Å². The number of anilines is 1. The summed E-state index contributed by atoms with van der Waals surface area (Å²) in [7, 11) is 0. The van der Waals surface area contributed by atoms with Crippen molar-refractivity contribution < 1.29 is 4.79 Å². The van der Waals surface area contributed by atoms with Crippen LogP contribution in [0.2, 0.25) is 0 Å². The number of aromatic nitrogens is 1. The lowest BCUT2D eigenvalue weighted by molar-refractivity contribution is 0.0977. The van der Waals surface area contributed by atoms with Crippen molar-refractivity contribution in [3.8, 4) is 0 Å². The molecule has 5 heteroatoms. The normalized spacial score (nSPS) is 10.0. The van der Waals surface area contributed by atoms with Crippen molar-refractivity contribution in [2.45, 2.75) is 20.3 Å². The average Bonchev–Trinajstić information content (AvgIpc) is 2.49. The zero-order valence-corrected chi connectivity index (χ0v) is 12.8. The van der Waals surface area contributed by atoms with Crippen LogP contribution >= 0.6 is 12.2 Å². The van der Waals surface area contributed by atoms with Gasteiger partial charge >= 0.3 is 0 Å². The summed E-state index contributed by atoms with van der Waals surface area (Å²) >= 11 is 5.14. The predicted octanol–water partition coefficient (Wildman–Crippen LogP) is 3.08. The quantitative estimate of drug-likeness (QED) is 0.855. The highest BCUT2D eigenvalue weighted by Crippen LogP contribution is 2.09. The molecule has 0 spiro atoms. The zero-order chi connectivity index (χ0) is 15.2. The second-order valence-electron chi connectivity index (χ2n) is 4.63. The number of rotatable bonds is 3. The number of carbonyl (C=O) groups is 1. The number of nitrogens with zero attached hydrogens (tertiary/aromatic N) is 1. The molecule has 1 amide bonds. The molecule has 2 aromatic rings. The smallest absolute Gasteiger partial charge is 0.257 e. The summed E-state index contributed by atoms with van der Waals surface area (Å²) in [6, 6.07) is 11.2. The summed E-state index contributed by atoms with van der Waals surface area (Å²) in [5, 5.41) is 5.81. The van der Waals surface area contributed by atoms with Gasteiger partial charge in [0.15, 0.2) is 5.11 Å². The minimum absolute atomic E-state index is 0.233. The number of nitrogens with one attached hydrogen (secondary N) is 2. The van der Waals surface area contributed by atoms with Crippen LogP contribution in [0.1, 0.15) is 28.4 Å². The molecular weight excluding hydrogens is 282 g/mol. The lowest BCUT2D eigenvalue weighted by atomic mass is 10.1. The van der Waals surface area contributed by atoms with Gasteiger partial charge in [0.25, 0.3) is 5.91 Å². The van der Waals surface area contributed by atoms with Crippen molar-refractivity contribution in [3.05, 3.63) is 59.3 Å². The molecule has 0 radical (unpaired) electrons. The summed E-state index contributed by atoms with van der Waals surface area (Å²) in [5.74, 6) is 0.410. The van der Waals surface area contributed by atoms with Crippen LogP contribution in [0, 0.1) is 6.92 Å². The fraction of sp³-hybridized carbons (Fsp3) is 0.188. The van der Waals surface area contributed by atoms with Gasteiger partial charge in [-0.2, -0.15) is 0 Å². The van der Waals surface area contributed by atoms with E-state index in [1.54, 1.807) is 18.3 Å². The van der Waals surface area contributed by atoms with Crippen LogP contribution in [0.25, 0.3) is 0 Å². The highest BCUT2D eigenvalue weighted by atomic mass is 32.1. The Balaban J connectivity index is 1.98. The summed E-state index contributed by atoms with van der Waals surface area (Å²) in [4.78, 5) is 16.2. The minimum Gasteiger partial charge on any atom is -0.317 e. The number of thiocarbonyl (C=S) groups is 1. The second kappa shape index (κ2) is 6.95. The summed E-state index contributed by atoms with van der Waals surface area (Å²) < 4.78 is 0. The Bertz CT molecular complexity index is 653. The Labute approximate surface area is 129 Å². The number of pyridine rings is 1. The Morgan fingerprint density at radius 3 is 2.57 bits per heavy atom. The van der Waals surface area contributed by atoms with Crippen molar-refractivity contribution >= 4 is 29.1 Å². The fourth-order valence-corrected chi connectivity index (χ4v) is 2.01. The summed E-state index contributed by atoms with van der Waals surface area (Å²) in [6.45, 7) is 3.99. The number of hydrogen-bond acceptors (Lipinski definition) is 3. The number of carbonyl (C=O) groups excluding carboxylic acids is 1. The average molecular weight is 299 g/mol. The van der Waals surface area contributed by atoms with E-state index in [9.17, 15) is 4.79 Å². The largest absolute Gasteiger partial charge is 0.317 e. The molecule has 0 bridgehead atoms. The molecule has 0 aliphatic heterocycles. The van der Waals surface area contributed by atoms with Crippen LogP contribution < -0.4 is 10.6 Å².